The van der Waals surface area contributed by atoms with Crippen molar-refractivity contribution in [1.29, 1.82) is 0 Å². The minimum atomic E-state index is -3.88. The number of carbonyl (C=O) groups excluding carboxylic acids is 3. The van der Waals surface area contributed by atoms with Gasteiger partial charge in [-0.1, -0.05) is 32.0 Å². The molecule has 2 aromatic carbocycles. The van der Waals surface area contributed by atoms with Gasteiger partial charge in [-0.25, -0.2) is 8.42 Å². The summed E-state index contributed by atoms with van der Waals surface area (Å²) in [6, 6.07) is 12.8. The van der Waals surface area contributed by atoms with Crippen molar-refractivity contribution < 1.29 is 22.8 Å². The molecule has 4 rings (SSSR count). The van der Waals surface area contributed by atoms with E-state index in [4.69, 9.17) is 0 Å². The van der Waals surface area contributed by atoms with Crippen molar-refractivity contribution in [3.05, 3.63) is 60.2 Å². The second-order valence-corrected chi connectivity index (χ2v) is 12.1. The van der Waals surface area contributed by atoms with Crippen LogP contribution < -0.4 is 10.2 Å². The van der Waals surface area contributed by atoms with Crippen molar-refractivity contribution in [3.63, 3.8) is 0 Å². The molecule has 2 heterocycles. The van der Waals surface area contributed by atoms with E-state index >= 15 is 0 Å². The van der Waals surface area contributed by atoms with Gasteiger partial charge in [-0.3, -0.25) is 14.4 Å². The smallest absolute Gasteiger partial charge is 0.251 e. The van der Waals surface area contributed by atoms with Crippen molar-refractivity contribution in [2.75, 3.05) is 32.1 Å². The number of anilines is 1. The fraction of sp³-hybridized carbons (Fsp3) is 0.444. The molecule has 0 radical (unpaired) electrons. The normalized spacial score (nSPS) is 20.7. The van der Waals surface area contributed by atoms with Gasteiger partial charge in [-0.15, -0.1) is 0 Å². The van der Waals surface area contributed by atoms with Crippen molar-refractivity contribution in [1.82, 2.24) is 14.5 Å². The molecular weight excluding hydrogens is 492 g/mol. The van der Waals surface area contributed by atoms with E-state index in [9.17, 15) is 22.8 Å². The van der Waals surface area contributed by atoms with E-state index in [0.29, 0.717) is 18.4 Å². The lowest BCUT2D eigenvalue weighted by Gasteiger charge is -2.29. The third-order valence-corrected chi connectivity index (χ3v) is 8.85. The molecule has 2 saturated heterocycles. The van der Waals surface area contributed by atoms with Crippen LogP contribution in [0.2, 0.25) is 0 Å². The monoisotopic (exact) mass is 526 g/mol. The number of sulfonamides is 1. The number of amides is 2. The summed E-state index contributed by atoms with van der Waals surface area (Å²) in [6.07, 6.45) is 0.761. The minimum absolute atomic E-state index is 0.109. The number of nitrogens with zero attached hydrogens (tertiary/aromatic N) is 3. The van der Waals surface area contributed by atoms with Crippen LogP contribution in [0.1, 0.15) is 37.0 Å². The highest BCUT2D eigenvalue weighted by Gasteiger charge is 2.54. The van der Waals surface area contributed by atoms with Gasteiger partial charge in [0.05, 0.1) is 17.5 Å². The molecule has 3 unspecified atom stereocenters. The van der Waals surface area contributed by atoms with Gasteiger partial charge in [0.15, 0.2) is 5.78 Å². The number of nitrogens with one attached hydrogen (secondary N) is 1. The number of hydrogen-bond donors (Lipinski definition) is 1. The number of ketones is 1. The molecule has 0 aromatic heterocycles. The predicted molar refractivity (Wildman–Crippen MR) is 141 cm³/mol. The Morgan fingerprint density at radius 3 is 2.30 bits per heavy atom. The molecule has 0 spiro atoms. The Kier molecular flexibility index (Phi) is 7.70. The van der Waals surface area contributed by atoms with Crippen molar-refractivity contribution in [2.45, 2.75) is 49.7 Å². The molecule has 1 N–H and O–H groups in total. The molecule has 2 amide bonds. The summed E-state index contributed by atoms with van der Waals surface area (Å²) < 4.78 is 27.7. The van der Waals surface area contributed by atoms with Crippen molar-refractivity contribution in [2.24, 2.45) is 5.92 Å². The lowest BCUT2D eigenvalue weighted by atomic mass is 10.0. The van der Waals surface area contributed by atoms with E-state index in [1.807, 2.05) is 45.0 Å². The lowest BCUT2D eigenvalue weighted by molar-refractivity contribution is -0.138. The molecular formula is C27H34N4O5S. The van der Waals surface area contributed by atoms with Crippen LogP contribution in [0.5, 0.6) is 0 Å². The van der Waals surface area contributed by atoms with Gasteiger partial charge in [0.25, 0.3) is 5.91 Å². The molecule has 9 nitrogen and oxygen atoms in total. The first-order chi connectivity index (χ1) is 17.5. The Labute approximate surface area is 218 Å². The van der Waals surface area contributed by atoms with E-state index < -0.39 is 28.1 Å². The minimum Gasteiger partial charge on any atom is -0.378 e. The molecule has 0 bridgehead atoms. The Hall–Kier alpha value is -3.24. The molecule has 10 heteroatoms. The Morgan fingerprint density at radius 2 is 1.70 bits per heavy atom. The maximum atomic E-state index is 13.7. The van der Waals surface area contributed by atoms with Crippen LogP contribution in [0.25, 0.3) is 0 Å². The SMILES string of the molecule is CC(C)CC(NC(=O)c1ccc(N(C)C)cc1)C(=O)N1CCC2C1C(=O)CN2S(=O)(=O)c1ccccc1. The van der Waals surface area contributed by atoms with Gasteiger partial charge in [0.2, 0.25) is 15.9 Å². The summed E-state index contributed by atoms with van der Waals surface area (Å²) in [5, 5.41) is 2.87. The third kappa shape index (κ3) is 5.40. The second kappa shape index (κ2) is 10.6. The highest BCUT2D eigenvalue weighted by molar-refractivity contribution is 7.89. The number of carbonyl (C=O) groups is 3. The fourth-order valence-electron chi connectivity index (χ4n) is 5.11. The first kappa shape index (κ1) is 26.8. The summed E-state index contributed by atoms with van der Waals surface area (Å²) >= 11 is 0. The largest absolute Gasteiger partial charge is 0.378 e. The van der Waals surface area contributed by atoms with Crippen molar-refractivity contribution >= 4 is 33.3 Å². The molecule has 37 heavy (non-hydrogen) atoms. The maximum absolute atomic E-state index is 13.7. The zero-order valence-corrected chi connectivity index (χ0v) is 22.4. The van der Waals surface area contributed by atoms with Gasteiger partial charge in [0.1, 0.15) is 12.1 Å². The summed E-state index contributed by atoms with van der Waals surface area (Å²) in [6.45, 7) is 3.90. The van der Waals surface area contributed by atoms with Gasteiger partial charge in [-0.05, 0) is 55.2 Å². The van der Waals surface area contributed by atoms with Gasteiger partial charge in [-0.2, -0.15) is 4.31 Å². The van der Waals surface area contributed by atoms with Crippen LogP contribution >= 0.6 is 0 Å². The number of hydrogen-bond acceptors (Lipinski definition) is 6. The van der Waals surface area contributed by atoms with Crippen LogP contribution in [0.4, 0.5) is 5.69 Å². The van der Waals surface area contributed by atoms with E-state index in [1.54, 1.807) is 30.3 Å². The summed E-state index contributed by atoms with van der Waals surface area (Å²) in [7, 11) is -0.0596. The quantitative estimate of drug-likeness (QED) is 0.565. The highest BCUT2D eigenvalue weighted by atomic mass is 32.2. The van der Waals surface area contributed by atoms with Crippen LogP contribution in [0.3, 0.4) is 0 Å². The Morgan fingerprint density at radius 1 is 1.05 bits per heavy atom. The van der Waals surface area contributed by atoms with Crippen LogP contribution in [-0.2, 0) is 19.6 Å². The van der Waals surface area contributed by atoms with Gasteiger partial charge in [0, 0.05) is 31.9 Å². The van der Waals surface area contributed by atoms with Gasteiger partial charge < -0.3 is 15.1 Å². The molecule has 0 aliphatic carbocycles. The Bertz CT molecular complexity index is 1260. The molecule has 2 fully saturated rings. The van der Waals surface area contributed by atoms with E-state index in [-0.39, 0.29) is 41.5 Å². The van der Waals surface area contributed by atoms with Gasteiger partial charge >= 0.3 is 0 Å². The standard InChI is InChI=1S/C27H34N4O5S/c1-18(2)16-22(28-26(33)19-10-12-20(13-11-19)29(3)4)27(34)30-15-14-23-25(30)24(32)17-31(23)37(35,36)21-8-6-5-7-9-21/h5-13,18,22-23,25H,14-17H2,1-4H3,(H,28,33). The van der Waals surface area contributed by atoms with Crippen LogP contribution in [0.15, 0.2) is 59.5 Å². The number of Topliss-reactive ketones (excluding diaryl/α,β-unsaturated/α-hetero) is 1. The topological polar surface area (TPSA) is 107 Å². The molecule has 3 atom stereocenters. The number of fused-ring (bicyclic) bond motifs is 1. The number of benzene rings is 2. The first-order valence-corrected chi connectivity index (χ1v) is 13.9. The maximum Gasteiger partial charge on any atom is 0.251 e. The van der Waals surface area contributed by atoms with Crippen molar-refractivity contribution in [3.8, 4) is 0 Å². The zero-order chi connectivity index (χ0) is 26.9. The molecule has 198 valence electrons. The molecule has 2 aliphatic heterocycles. The predicted octanol–water partition coefficient (Wildman–Crippen LogP) is 2.14. The first-order valence-electron chi connectivity index (χ1n) is 12.5. The second-order valence-electron chi connectivity index (χ2n) is 10.3. The lowest BCUT2D eigenvalue weighted by Crippen LogP contribution is -2.53. The average Bonchev–Trinajstić information content (AvgIpc) is 3.45. The summed E-state index contributed by atoms with van der Waals surface area (Å²) in [5.41, 5.74) is 1.38. The number of rotatable bonds is 8. The van der Waals surface area contributed by atoms with E-state index in [1.165, 1.54) is 21.3 Å². The highest BCUT2D eigenvalue weighted by Crippen LogP contribution is 2.34. The molecule has 0 saturated carbocycles. The number of likely N-dealkylation sites (tertiary alicyclic amines) is 1. The summed E-state index contributed by atoms with van der Waals surface area (Å²) in [4.78, 5) is 43.3. The van der Waals surface area contributed by atoms with E-state index in [0.717, 1.165) is 5.69 Å². The zero-order valence-electron chi connectivity index (χ0n) is 21.6. The average molecular weight is 527 g/mol. The fourth-order valence-corrected chi connectivity index (χ4v) is 6.76. The molecule has 2 aromatic rings. The summed E-state index contributed by atoms with van der Waals surface area (Å²) in [5.74, 6) is -0.917. The third-order valence-electron chi connectivity index (χ3n) is 6.97. The van der Waals surface area contributed by atoms with Crippen LogP contribution in [-0.4, -0.2) is 80.5 Å². The Balaban J connectivity index is 1.53. The molecule has 2 aliphatic rings. The van der Waals surface area contributed by atoms with Crippen LogP contribution in [0, 0.1) is 5.92 Å². The van der Waals surface area contributed by atoms with E-state index in [2.05, 4.69) is 5.32 Å².